The SMILES string of the molecule is CN(Cc1ccccc1)c1ccc(C=NNc2cccc(C(=O)O)c2)cc1. The number of carboxylic acids is 1. The summed E-state index contributed by atoms with van der Waals surface area (Å²) in [6, 6.07) is 25.0. The molecule has 0 aliphatic rings. The van der Waals surface area contributed by atoms with Crippen LogP contribution in [0.3, 0.4) is 0 Å². The molecule has 0 bridgehead atoms. The second-order valence-electron chi connectivity index (χ2n) is 6.19. The summed E-state index contributed by atoms with van der Waals surface area (Å²) in [6.45, 7) is 0.843. The average Bonchev–Trinajstić information content (AvgIpc) is 2.69. The lowest BCUT2D eigenvalue weighted by Crippen LogP contribution is -2.16. The van der Waals surface area contributed by atoms with Gasteiger partial charge in [-0.05, 0) is 41.5 Å². The zero-order valence-electron chi connectivity index (χ0n) is 15.0. The van der Waals surface area contributed by atoms with E-state index in [1.165, 1.54) is 5.56 Å². The van der Waals surface area contributed by atoms with Crippen LogP contribution in [0.2, 0.25) is 0 Å². The number of hydrogen-bond donors (Lipinski definition) is 2. The van der Waals surface area contributed by atoms with Crippen molar-refractivity contribution in [2.45, 2.75) is 6.54 Å². The monoisotopic (exact) mass is 359 g/mol. The number of anilines is 2. The molecule has 2 N–H and O–H groups in total. The molecule has 0 atom stereocenters. The van der Waals surface area contributed by atoms with Crippen LogP contribution in [0.5, 0.6) is 0 Å². The lowest BCUT2D eigenvalue weighted by molar-refractivity contribution is 0.0697. The minimum Gasteiger partial charge on any atom is -0.478 e. The molecule has 0 aliphatic heterocycles. The van der Waals surface area contributed by atoms with Crippen molar-refractivity contribution in [3.8, 4) is 0 Å². The Bertz CT molecular complexity index is 922. The Morgan fingerprint density at radius 2 is 1.78 bits per heavy atom. The summed E-state index contributed by atoms with van der Waals surface area (Å²) in [5.41, 5.74) is 7.05. The summed E-state index contributed by atoms with van der Waals surface area (Å²) in [6.07, 6.45) is 1.70. The maximum Gasteiger partial charge on any atom is 0.335 e. The Balaban J connectivity index is 1.59. The van der Waals surface area contributed by atoms with Gasteiger partial charge in [0.1, 0.15) is 0 Å². The van der Waals surface area contributed by atoms with Crippen molar-refractivity contribution < 1.29 is 9.90 Å². The first-order chi connectivity index (χ1) is 13.1. The molecule has 0 radical (unpaired) electrons. The van der Waals surface area contributed by atoms with E-state index in [2.05, 4.69) is 46.7 Å². The van der Waals surface area contributed by atoms with Gasteiger partial charge >= 0.3 is 5.97 Å². The number of aromatic carboxylic acids is 1. The van der Waals surface area contributed by atoms with E-state index in [1.54, 1.807) is 30.5 Å². The Morgan fingerprint density at radius 1 is 1.04 bits per heavy atom. The van der Waals surface area contributed by atoms with Crippen molar-refractivity contribution in [1.29, 1.82) is 0 Å². The van der Waals surface area contributed by atoms with Crippen LogP contribution in [0.1, 0.15) is 21.5 Å². The highest BCUT2D eigenvalue weighted by Crippen LogP contribution is 2.16. The predicted octanol–water partition coefficient (Wildman–Crippen LogP) is 4.47. The van der Waals surface area contributed by atoms with Gasteiger partial charge in [0.25, 0.3) is 0 Å². The molecule has 0 spiro atoms. The number of nitrogens with zero attached hydrogens (tertiary/aromatic N) is 2. The lowest BCUT2D eigenvalue weighted by atomic mass is 10.2. The standard InChI is InChI=1S/C22H21N3O2/c1-25(16-18-6-3-2-4-7-18)21-12-10-17(11-13-21)15-23-24-20-9-5-8-19(14-20)22(26)27/h2-15,24H,16H2,1H3,(H,26,27). The third-order valence-electron chi connectivity index (χ3n) is 4.11. The Labute approximate surface area is 158 Å². The normalized spacial score (nSPS) is 10.7. The van der Waals surface area contributed by atoms with Crippen molar-refractivity contribution in [3.05, 3.63) is 95.6 Å². The molecule has 0 aromatic heterocycles. The molecule has 0 amide bonds. The number of carbonyl (C=O) groups is 1. The van der Waals surface area contributed by atoms with Crippen LogP contribution in [0.25, 0.3) is 0 Å². The van der Waals surface area contributed by atoms with E-state index in [0.29, 0.717) is 5.69 Å². The van der Waals surface area contributed by atoms with E-state index in [0.717, 1.165) is 17.8 Å². The van der Waals surface area contributed by atoms with E-state index < -0.39 is 5.97 Å². The Morgan fingerprint density at radius 3 is 2.48 bits per heavy atom. The van der Waals surface area contributed by atoms with Gasteiger partial charge in [0.15, 0.2) is 0 Å². The zero-order chi connectivity index (χ0) is 19.1. The summed E-state index contributed by atoms with van der Waals surface area (Å²) in [4.78, 5) is 13.2. The van der Waals surface area contributed by atoms with E-state index in [1.807, 2.05) is 30.3 Å². The minimum absolute atomic E-state index is 0.223. The maximum absolute atomic E-state index is 11.0. The Hall–Kier alpha value is -3.60. The van der Waals surface area contributed by atoms with Gasteiger partial charge in [0.2, 0.25) is 0 Å². The zero-order valence-corrected chi connectivity index (χ0v) is 15.0. The molecule has 3 aromatic carbocycles. The second kappa shape index (κ2) is 8.67. The highest BCUT2D eigenvalue weighted by molar-refractivity contribution is 5.89. The molecule has 27 heavy (non-hydrogen) atoms. The molecule has 3 rings (SSSR count). The molecular weight excluding hydrogens is 338 g/mol. The topological polar surface area (TPSA) is 64.9 Å². The molecule has 0 unspecified atom stereocenters. The summed E-state index contributed by atoms with van der Waals surface area (Å²) >= 11 is 0. The highest BCUT2D eigenvalue weighted by Gasteiger charge is 2.03. The van der Waals surface area contributed by atoms with Crippen LogP contribution in [0.4, 0.5) is 11.4 Å². The van der Waals surface area contributed by atoms with Crippen molar-refractivity contribution >= 4 is 23.6 Å². The number of benzene rings is 3. The summed E-state index contributed by atoms with van der Waals surface area (Å²) < 4.78 is 0. The van der Waals surface area contributed by atoms with Crippen LogP contribution < -0.4 is 10.3 Å². The summed E-state index contributed by atoms with van der Waals surface area (Å²) in [5.74, 6) is -0.960. The molecule has 0 fully saturated rings. The molecule has 3 aromatic rings. The third kappa shape index (κ3) is 5.19. The maximum atomic E-state index is 11.0. The van der Waals surface area contributed by atoms with Crippen molar-refractivity contribution in [2.75, 3.05) is 17.4 Å². The van der Waals surface area contributed by atoms with Gasteiger partial charge in [-0.25, -0.2) is 4.79 Å². The van der Waals surface area contributed by atoms with E-state index in [-0.39, 0.29) is 5.56 Å². The average molecular weight is 359 g/mol. The van der Waals surface area contributed by atoms with Crippen molar-refractivity contribution in [1.82, 2.24) is 0 Å². The van der Waals surface area contributed by atoms with Gasteiger partial charge in [0.05, 0.1) is 17.5 Å². The molecule has 0 aliphatic carbocycles. The third-order valence-corrected chi connectivity index (χ3v) is 4.11. The Kier molecular flexibility index (Phi) is 5.84. The minimum atomic E-state index is -0.960. The second-order valence-corrected chi connectivity index (χ2v) is 6.19. The highest BCUT2D eigenvalue weighted by atomic mass is 16.4. The first-order valence-corrected chi connectivity index (χ1v) is 8.59. The van der Waals surface area contributed by atoms with Crippen LogP contribution in [0.15, 0.2) is 84.0 Å². The van der Waals surface area contributed by atoms with Crippen molar-refractivity contribution in [3.63, 3.8) is 0 Å². The van der Waals surface area contributed by atoms with E-state index in [4.69, 9.17) is 5.11 Å². The largest absolute Gasteiger partial charge is 0.478 e. The van der Waals surface area contributed by atoms with Gasteiger partial charge in [-0.15, -0.1) is 0 Å². The molecular formula is C22H21N3O2. The fourth-order valence-electron chi connectivity index (χ4n) is 2.67. The number of hydrazone groups is 1. The van der Waals surface area contributed by atoms with E-state index >= 15 is 0 Å². The van der Waals surface area contributed by atoms with Crippen LogP contribution in [-0.2, 0) is 6.54 Å². The van der Waals surface area contributed by atoms with Gasteiger partial charge < -0.3 is 10.0 Å². The number of rotatable bonds is 7. The molecule has 0 saturated carbocycles. The first kappa shape index (κ1) is 18.2. The summed E-state index contributed by atoms with van der Waals surface area (Å²) in [5, 5.41) is 13.2. The van der Waals surface area contributed by atoms with Gasteiger partial charge in [-0.2, -0.15) is 5.10 Å². The van der Waals surface area contributed by atoms with Crippen LogP contribution >= 0.6 is 0 Å². The fourth-order valence-corrected chi connectivity index (χ4v) is 2.67. The fraction of sp³-hybridized carbons (Fsp3) is 0.0909. The number of carboxylic acid groups (broad SMARTS) is 1. The quantitative estimate of drug-likeness (QED) is 0.483. The van der Waals surface area contributed by atoms with Gasteiger partial charge in [-0.1, -0.05) is 48.5 Å². The number of hydrogen-bond acceptors (Lipinski definition) is 4. The van der Waals surface area contributed by atoms with Crippen molar-refractivity contribution in [2.24, 2.45) is 5.10 Å². The van der Waals surface area contributed by atoms with Gasteiger partial charge in [0, 0.05) is 19.3 Å². The summed E-state index contributed by atoms with van der Waals surface area (Å²) in [7, 11) is 2.06. The van der Waals surface area contributed by atoms with E-state index in [9.17, 15) is 4.79 Å². The molecule has 136 valence electrons. The van der Waals surface area contributed by atoms with Crippen LogP contribution in [0, 0.1) is 0 Å². The molecule has 0 saturated heterocycles. The molecule has 5 nitrogen and oxygen atoms in total. The number of nitrogens with one attached hydrogen (secondary N) is 1. The molecule has 0 heterocycles. The van der Waals surface area contributed by atoms with Crippen LogP contribution in [-0.4, -0.2) is 24.3 Å². The lowest BCUT2D eigenvalue weighted by Gasteiger charge is -2.19. The smallest absolute Gasteiger partial charge is 0.335 e. The predicted molar refractivity (Wildman–Crippen MR) is 110 cm³/mol. The first-order valence-electron chi connectivity index (χ1n) is 8.59. The molecule has 5 heteroatoms. The van der Waals surface area contributed by atoms with Gasteiger partial charge in [-0.3, -0.25) is 5.43 Å².